The molecule has 0 aliphatic rings. The summed E-state index contributed by atoms with van der Waals surface area (Å²) in [6.45, 7) is 2.20. The first-order valence-corrected chi connectivity index (χ1v) is 6.99. The number of hydrogen-bond acceptors (Lipinski definition) is 4. The molecule has 1 aromatic carbocycles. The lowest BCUT2D eigenvalue weighted by atomic mass is 10.2. The maximum Gasteiger partial charge on any atom is 0.224 e. The molecule has 0 unspecified atom stereocenters. The van der Waals surface area contributed by atoms with Gasteiger partial charge >= 0.3 is 0 Å². The van der Waals surface area contributed by atoms with Gasteiger partial charge in [0.25, 0.3) is 0 Å². The largest absolute Gasteiger partial charge is 0.493 e. The van der Waals surface area contributed by atoms with Gasteiger partial charge in [-0.1, -0.05) is 6.07 Å². The first kappa shape index (κ1) is 16.5. The lowest BCUT2D eigenvalue weighted by Gasteiger charge is -2.11. The maximum absolute atomic E-state index is 11.6. The van der Waals surface area contributed by atoms with E-state index >= 15 is 0 Å². The topological polar surface area (TPSA) is 67.6 Å². The molecule has 0 radical (unpaired) electrons. The van der Waals surface area contributed by atoms with Crippen molar-refractivity contribution in [3.63, 3.8) is 0 Å². The standard InChI is InChI=1S/C15H25N3O2/c1-18(2)10-5-11-20-14-7-3-6-13(12-14)17-15(19)8-4-9-16/h3,6-7,12H,4-5,8-11,16H2,1-2H3,(H,17,19). The molecule has 5 heteroatoms. The minimum Gasteiger partial charge on any atom is -0.493 e. The molecule has 3 N–H and O–H groups in total. The van der Waals surface area contributed by atoms with Gasteiger partial charge in [-0.05, 0) is 45.6 Å². The normalized spacial score (nSPS) is 10.6. The minimum absolute atomic E-state index is 0.0137. The van der Waals surface area contributed by atoms with Crippen LogP contribution in [-0.4, -0.2) is 44.6 Å². The van der Waals surface area contributed by atoms with E-state index in [4.69, 9.17) is 10.5 Å². The van der Waals surface area contributed by atoms with Crippen molar-refractivity contribution < 1.29 is 9.53 Å². The fourth-order valence-corrected chi connectivity index (χ4v) is 1.72. The van der Waals surface area contributed by atoms with Crippen LogP contribution in [0.2, 0.25) is 0 Å². The van der Waals surface area contributed by atoms with Gasteiger partial charge in [0.1, 0.15) is 5.75 Å². The highest BCUT2D eigenvalue weighted by Crippen LogP contribution is 2.17. The fraction of sp³-hybridized carbons (Fsp3) is 0.533. The van der Waals surface area contributed by atoms with Gasteiger partial charge in [-0.15, -0.1) is 0 Å². The lowest BCUT2D eigenvalue weighted by Crippen LogP contribution is -2.15. The highest BCUT2D eigenvalue weighted by molar-refractivity contribution is 5.90. The molecule has 0 saturated carbocycles. The first-order chi connectivity index (χ1) is 9.61. The second kappa shape index (κ2) is 9.34. The van der Waals surface area contributed by atoms with Gasteiger partial charge in [-0.25, -0.2) is 0 Å². The molecule has 0 saturated heterocycles. The molecule has 0 heterocycles. The summed E-state index contributed by atoms with van der Waals surface area (Å²) >= 11 is 0. The van der Waals surface area contributed by atoms with Gasteiger partial charge in [-0.3, -0.25) is 4.79 Å². The molecule has 20 heavy (non-hydrogen) atoms. The van der Waals surface area contributed by atoms with E-state index in [1.54, 1.807) is 0 Å². The molecule has 0 aliphatic heterocycles. The Bertz CT molecular complexity index is 408. The third-order valence-corrected chi connectivity index (χ3v) is 2.74. The highest BCUT2D eigenvalue weighted by Gasteiger charge is 2.03. The molecular weight excluding hydrogens is 254 g/mol. The number of hydrogen-bond donors (Lipinski definition) is 2. The van der Waals surface area contributed by atoms with Crippen molar-refractivity contribution in [2.45, 2.75) is 19.3 Å². The molecule has 0 spiro atoms. The van der Waals surface area contributed by atoms with E-state index in [1.165, 1.54) is 0 Å². The predicted molar refractivity (Wildman–Crippen MR) is 82.0 cm³/mol. The van der Waals surface area contributed by atoms with E-state index in [0.29, 0.717) is 26.0 Å². The highest BCUT2D eigenvalue weighted by atomic mass is 16.5. The van der Waals surface area contributed by atoms with Gasteiger partial charge in [0.2, 0.25) is 5.91 Å². The second-order valence-corrected chi connectivity index (χ2v) is 4.97. The van der Waals surface area contributed by atoms with Crippen LogP contribution in [0.15, 0.2) is 24.3 Å². The summed E-state index contributed by atoms with van der Waals surface area (Å²) in [7, 11) is 4.08. The molecule has 1 amide bonds. The number of nitrogens with zero attached hydrogens (tertiary/aromatic N) is 1. The Morgan fingerprint density at radius 3 is 2.85 bits per heavy atom. The van der Waals surface area contributed by atoms with Crippen LogP contribution < -0.4 is 15.8 Å². The van der Waals surface area contributed by atoms with Crippen molar-refractivity contribution in [1.82, 2.24) is 4.90 Å². The maximum atomic E-state index is 11.6. The summed E-state index contributed by atoms with van der Waals surface area (Å²) in [5.41, 5.74) is 6.14. The minimum atomic E-state index is -0.0137. The third-order valence-electron chi connectivity index (χ3n) is 2.74. The fourth-order valence-electron chi connectivity index (χ4n) is 1.72. The Hall–Kier alpha value is -1.59. The molecule has 112 valence electrons. The van der Waals surface area contributed by atoms with Crippen LogP contribution in [0.5, 0.6) is 5.75 Å². The van der Waals surface area contributed by atoms with Gasteiger partial charge in [0.05, 0.1) is 6.61 Å². The zero-order valence-corrected chi connectivity index (χ0v) is 12.4. The second-order valence-electron chi connectivity index (χ2n) is 4.97. The Morgan fingerprint density at radius 1 is 1.35 bits per heavy atom. The monoisotopic (exact) mass is 279 g/mol. The summed E-state index contributed by atoms with van der Waals surface area (Å²) in [6, 6.07) is 7.47. The first-order valence-electron chi connectivity index (χ1n) is 6.99. The van der Waals surface area contributed by atoms with Crippen molar-refractivity contribution in [3.05, 3.63) is 24.3 Å². The Kier molecular flexibility index (Phi) is 7.69. The molecule has 1 rings (SSSR count). The van der Waals surface area contributed by atoms with E-state index in [0.717, 1.165) is 24.4 Å². The predicted octanol–water partition coefficient (Wildman–Crippen LogP) is 1.69. The zero-order valence-electron chi connectivity index (χ0n) is 12.4. The van der Waals surface area contributed by atoms with Crippen molar-refractivity contribution in [1.29, 1.82) is 0 Å². The summed E-state index contributed by atoms with van der Waals surface area (Å²) in [4.78, 5) is 13.7. The van der Waals surface area contributed by atoms with Crippen LogP contribution in [0.4, 0.5) is 5.69 Å². The number of ether oxygens (including phenoxy) is 1. The van der Waals surface area contributed by atoms with E-state index in [9.17, 15) is 4.79 Å². The Labute approximate surface area is 121 Å². The summed E-state index contributed by atoms with van der Waals surface area (Å²) < 4.78 is 5.66. The van der Waals surface area contributed by atoms with Crippen molar-refractivity contribution >= 4 is 11.6 Å². The number of carbonyl (C=O) groups is 1. The number of carbonyl (C=O) groups excluding carboxylic acids is 1. The third kappa shape index (κ3) is 7.11. The molecule has 0 bridgehead atoms. The zero-order chi connectivity index (χ0) is 14.8. The molecule has 0 aromatic heterocycles. The van der Waals surface area contributed by atoms with E-state index in [-0.39, 0.29) is 5.91 Å². The number of nitrogens with two attached hydrogens (primary N) is 1. The van der Waals surface area contributed by atoms with Crippen LogP contribution in [0.25, 0.3) is 0 Å². The van der Waals surface area contributed by atoms with Gasteiger partial charge < -0.3 is 20.7 Å². The van der Waals surface area contributed by atoms with E-state index in [2.05, 4.69) is 10.2 Å². The summed E-state index contributed by atoms with van der Waals surface area (Å²) in [5, 5.41) is 2.84. The van der Waals surface area contributed by atoms with E-state index in [1.807, 2.05) is 38.4 Å². The molecule has 0 fully saturated rings. The van der Waals surface area contributed by atoms with Gasteiger partial charge in [-0.2, -0.15) is 0 Å². The van der Waals surface area contributed by atoms with Gasteiger partial charge in [0.15, 0.2) is 0 Å². The molecule has 5 nitrogen and oxygen atoms in total. The Balaban J connectivity index is 2.39. The van der Waals surface area contributed by atoms with E-state index < -0.39 is 0 Å². The van der Waals surface area contributed by atoms with Crippen LogP contribution in [0.3, 0.4) is 0 Å². The average molecular weight is 279 g/mol. The smallest absolute Gasteiger partial charge is 0.224 e. The van der Waals surface area contributed by atoms with Crippen molar-refractivity contribution in [2.75, 3.05) is 39.1 Å². The molecular formula is C15H25N3O2. The van der Waals surface area contributed by atoms with Crippen LogP contribution in [0, 0.1) is 0 Å². The number of nitrogens with one attached hydrogen (secondary N) is 1. The lowest BCUT2D eigenvalue weighted by molar-refractivity contribution is -0.116. The van der Waals surface area contributed by atoms with Gasteiger partial charge in [0, 0.05) is 24.7 Å². The average Bonchev–Trinajstić information content (AvgIpc) is 2.41. The summed E-state index contributed by atoms with van der Waals surface area (Å²) in [6.07, 6.45) is 2.12. The summed E-state index contributed by atoms with van der Waals surface area (Å²) in [5.74, 6) is 0.764. The number of amides is 1. The number of benzene rings is 1. The number of rotatable bonds is 9. The molecule has 0 atom stereocenters. The Morgan fingerprint density at radius 2 is 2.15 bits per heavy atom. The quantitative estimate of drug-likeness (QED) is 0.675. The van der Waals surface area contributed by atoms with Crippen LogP contribution in [0.1, 0.15) is 19.3 Å². The van der Waals surface area contributed by atoms with Crippen molar-refractivity contribution in [2.24, 2.45) is 5.73 Å². The molecule has 1 aromatic rings. The van der Waals surface area contributed by atoms with Crippen LogP contribution >= 0.6 is 0 Å². The molecule has 0 aliphatic carbocycles. The van der Waals surface area contributed by atoms with Crippen LogP contribution in [-0.2, 0) is 4.79 Å². The van der Waals surface area contributed by atoms with Crippen molar-refractivity contribution in [3.8, 4) is 5.75 Å². The SMILES string of the molecule is CN(C)CCCOc1cccc(NC(=O)CCCN)c1. The number of anilines is 1.